The number of ether oxygens (including phenoxy) is 2. The number of halogens is 1. The average molecular weight is 525 g/mol. The van der Waals surface area contributed by atoms with E-state index in [4.69, 9.17) is 21.1 Å². The Hall–Kier alpha value is -3.29. The number of nitrogens with zero attached hydrogens (tertiary/aromatic N) is 1. The smallest absolute Gasteiger partial charge is 0.341 e. The Kier molecular flexibility index (Phi) is 7.71. The van der Waals surface area contributed by atoms with Gasteiger partial charge in [-0.2, -0.15) is 0 Å². The Bertz CT molecular complexity index is 1440. The maximum Gasteiger partial charge on any atom is 0.341 e. The largest absolute Gasteiger partial charge is 0.494 e. The number of benzene rings is 2. The third-order valence-electron chi connectivity index (χ3n) is 6.05. The third-order valence-corrected chi connectivity index (χ3v) is 7.33. The van der Waals surface area contributed by atoms with E-state index in [1.165, 1.54) is 11.3 Å². The van der Waals surface area contributed by atoms with Crippen molar-refractivity contribution < 1.29 is 19.1 Å². The lowest BCUT2D eigenvalue weighted by molar-refractivity contribution is 0.0529. The molecule has 8 heteroatoms. The Labute approximate surface area is 219 Å². The zero-order valence-electron chi connectivity index (χ0n) is 21.0. The molecule has 2 heterocycles. The second-order valence-corrected chi connectivity index (χ2v) is 9.91. The van der Waals surface area contributed by atoms with Crippen molar-refractivity contribution in [3.63, 3.8) is 0 Å². The fourth-order valence-corrected chi connectivity index (χ4v) is 5.72. The van der Waals surface area contributed by atoms with Gasteiger partial charge in [0.05, 0.1) is 13.2 Å². The van der Waals surface area contributed by atoms with Crippen molar-refractivity contribution in [2.24, 2.45) is 0 Å². The lowest BCUT2D eigenvalue weighted by Gasteiger charge is -2.11. The van der Waals surface area contributed by atoms with Crippen LogP contribution < -0.4 is 10.1 Å². The first-order valence-corrected chi connectivity index (χ1v) is 13.1. The molecular weight excluding hydrogens is 496 g/mol. The van der Waals surface area contributed by atoms with Crippen molar-refractivity contribution in [3.8, 4) is 16.9 Å². The second-order valence-electron chi connectivity index (χ2n) is 8.25. The van der Waals surface area contributed by atoms with Crippen LogP contribution >= 0.6 is 22.9 Å². The van der Waals surface area contributed by atoms with E-state index in [0.29, 0.717) is 34.4 Å². The van der Waals surface area contributed by atoms with Crippen LogP contribution in [-0.2, 0) is 11.3 Å². The van der Waals surface area contributed by atoms with Gasteiger partial charge in [0.25, 0.3) is 5.91 Å². The molecule has 0 radical (unpaired) electrons. The number of aryl methyl sites for hydroxylation is 3. The average Bonchev–Trinajstić information content (AvgIpc) is 3.33. The summed E-state index contributed by atoms with van der Waals surface area (Å²) in [5.41, 5.74) is 4.28. The molecule has 4 aromatic rings. The topological polar surface area (TPSA) is 69.6 Å². The molecule has 1 amide bonds. The van der Waals surface area contributed by atoms with Crippen molar-refractivity contribution >= 4 is 50.7 Å². The third kappa shape index (κ3) is 4.73. The summed E-state index contributed by atoms with van der Waals surface area (Å²) in [5, 5.41) is 5.05. The number of fused-ring (bicyclic) bond motifs is 1. The van der Waals surface area contributed by atoms with Gasteiger partial charge in [0.15, 0.2) is 0 Å². The van der Waals surface area contributed by atoms with Crippen molar-refractivity contribution in [3.05, 3.63) is 69.2 Å². The minimum absolute atomic E-state index is 0.229. The number of amides is 1. The van der Waals surface area contributed by atoms with Gasteiger partial charge in [0.2, 0.25) is 0 Å². The predicted octanol–water partition coefficient (Wildman–Crippen LogP) is 7.49. The summed E-state index contributed by atoms with van der Waals surface area (Å²) in [6, 6.07) is 13.1. The van der Waals surface area contributed by atoms with E-state index in [9.17, 15) is 9.59 Å². The number of rotatable bonds is 8. The highest BCUT2D eigenvalue weighted by atomic mass is 35.5. The number of thiophene rings is 1. The van der Waals surface area contributed by atoms with Gasteiger partial charge in [-0.25, -0.2) is 4.79 Å². The number of hydrogen-bond acceptors (Lipinski definition) is 5. The number of aromatic nitrogens is 1. The van der Waals surface area contributed by atoms with Crippen LogP contribution in [0, 0.1) is 13.8 Å². The van der Waals surface area contributed by atoms with E-state index in [2.05, 4.69) is 5.32 Å². The van der Waals surface area contributed by atoms with Crippen LogP contribution in [0.3, 0.4) is 0 Å². The minimum atomic E-state index is -0.476. The zero-order valence-corrected chi connectivity index (χ0v) is 22.6. The summed E-state index contributed by atoms with van der Waals surface area (Å²) in [7, 11) is 0. The Morgan fingerprint density at radius 3 is 2.39 bits per heavy atom. The van der Waals surface area contributed by atoms with Gasteiger partial charge in [-0.1, -0.05) is 23.7 Å². The Balaban J connectivity index is 1.80. The van der Waals surface area contributed by atoms with E-state index < -0.39 is 5.97 Å². The summed E-state index contributed by atoms with van der Waals surface area (Å²) in [5.74, 6) is 0.00794. The molecule has 2 aromatic heterocycles. The highest BCUT2D eigenvalue weighted by Gasteiger charge is 2.27. The molecule has 0 saturated heterocycles. The summed E-state index contributed by atoms with van der Waals surface area (Å²) in [6.45, 7) is 11.0. The van der Waals surface area contributed by atoms with Crippen LogP contribution in [-0.4, -0.2) is 29.7 Å². The number of hydrogen-bond donors (Lipinski definition) is 1. The molecular formula is C28H29ClN2O4S. The van der Waals surface area contributed by atoms with E-state index in [1.54, 1.807) is 19.1 Å². The Morgan fingerprint density at radius 2 is 1.75 bits per heavy atom. The highest BCUT2D eigenvalue weighted by molar-refractivity contribution is 7.17. The normalized spacial score (nSPS) is 11.1. The number of anilines is 1. The lowest BCUT2D eigenvalue weighted by Crippen LogP contribution is -2.19. The molecule has 6 nitrogen and oxygen atoms in total. The second kappa shape index (κ2) is 10.8. The highest BCUT2D eigenvalue weighted by Crippen LogP contribution is 2.41. The molecule has 0 bridgehead atoms. The molecule has 0 atom stereocenters. The number of carbonyl (C=O) groups is 2. The fourth-order valence-electron chi connectivity index (χ4n) is 4.54. The molecule has 0 aliphatic heterocycles. The quantitative estimate of drug-likeness (QED) is 0.242. The first-order valence-electron chi connectivity index (χ1n) is 11.9. The molecule has 0 aliphatic carbocycles. The molecule has 0 saturated carbocycles. The number of esters is 1. The van der Waals surface area contributed by atoms with Gasteiger partial charge in [-0.3, -0.25) is 4.79 Å². The molecule has 0 unspecified atom stereocenters. The Morgan fingerprint density at radius 1 is 1.03 bits per heavy atom. The van der Waals surface area contributed by atoms with Crippen LogP contribution in [0.25, 0.3) is 22.0 Å². The summed E-state index contributed by atoms with van der Waals surface area (Å²) in [4.78, 5) is 27.7. The van der Waals surface area contributed by atoms with Crippen LogP contribution in [0.15, 0.2) is 42.5 Å². The van der Waals surface area contributed by atoms with E-state index in [-0.39, 0.29) is 12.5 Å². The number of carbonyl (C=O) groups excluding carboxylic acids is 2. The maximum atomic E-state index is 13.7. The van der Waals surface area contributed by atoms with Crippen LogP contribution in [0.1, 0.15) is 52.1 Å². The molecule has 2 aromatic carbocycles. The monoisotopic (exact) mass is 524 g/mol. The van der Waals surface area contributed by atoms with Crippen molar-refractivity contribution in [2.45, 2.75) is 41.2 Å². The molecule has 36 heavy (non-hydrogen) atoms. The lowest BCUT2D eigenvalue weighted by atomic mass is 10.0. The van der Waals surface area contributed by atoms with Crippen molar-refractivity contribution in [1.29, 1.82) is 0 Å². The van der Waals surface area contributed by atoms with E-state index >= 15 is 0 Å². The van der Waals surface area contributed by atoms with Gasteiger partial charge in [0, 0.05) is 32.9 Å². The molecule has 0 spiro atoms. The summed E-state index contributed by atoms with van der Waals surface area (Å²) < 4.78 is 13.0. The summed E-state index contributed by atoms with van der Waals surface area (Å²) in [6.07, 6.45) is 0. The standard InChI is InChI=1S/C28H29ClN2O4S/c1-6-31-22-14-13-20(34-7-2)15-21(22)16(4)25(31)26(32)30-27-24(28(33)35-8-3)23(17(5)36-27)18-9-11-19(29)12-10-18/h9-15H,6-8H2,1-5H3,(H,30,32). The SMILES string of the molecule is CCOC(=O)c1c(NC(=O)c2c(C)c3cc(OCC)ccc3n2CC)sc(C)c1-c1ccc(Cl)cc1. The first-order chi connectivity index (χ1) is 17.3. The molecule has 188 valence electrons. The van der Waals surface area contributed by atoms with Gasteiger partial charge < -0.3 is 19.4 Å². The van der Waals surface area contributed by atoms with Crippen LogP contribution in [0.5, 0.6) is 5.75 Å². The van der Waals surface area contributed by atoms with Gasteiger partial charge >= 0.3 is 5.97 Å². The van der Waals surface area contributed by atoms with Gasteiger partial charge in [0.1, 0.15) is 22.0 Å². The minimum Gasteiger partial charge on any atom is -0.494 e. The van der Waals surface area contributed by atoms with Crippen LogP contribution in [0.2, 0.25) is 5.02 Å². The zero-order chi connectivity index (χ0) is 26.0. The fraction of sp³-hybridized carbons (Fsp3) is 0.286. The molecule has 1 N–H and O–H groups in total. The molecule has 0 fully saturated rings. The van der Waals surface area contributed by atoms with E-state index in [0.717, 1.165) is 38.2 Å². The van der Waals surface area contributed by atoms with E-state index in [1.807, 2.05) is 62.6 Å². The molecule has 0 aliphatic rings. The molecule has 4 rings (SSSR count). The van der Waals surface area contributed by atoms with Gasteiger partial charge in [-0.05, 0) is 76.1 Å². The first kappa shape index (κ1) is 25.8. The van der Waals surface area contributed by atoms with Gasteiger partial charge in [-0.15, -0.1) is 11.3 Å². The maximum absolute atomic E-state index is 13.7. The van der Waals surface area contributed by atoms with Crippen molar-refractivity contribution in [2.75, 3.05) is 18.5 Å². The number of nitrogens with one attached hydrogen (secondary N) is 1. The predicted molar refractivity (Wildman–Crippen MR) is 147 cm³/mol. The summed E-state index contributed by atoms with van der Waals surface area (Å²) >= 11 is 7.44. The van der Waals surface area contributed by atoms with Crippen molar-refractivity contribution in [1.82, 2.24) is 4.57 Å². The van der Waals surface area contributed by atoms with Crippen LogP contribution in [0.4, 0.5) is 5.00 Å².